The maximum absolute atomic E-state index is 13.5. The largest absolute Gasteiger partial charge is 0.493 e. The Balaban J connectivity index is 2.36. The number of aromatic nitrogens is 2. The highest BCUT2D eigenvalue weighted by Crippen LogP contribution is 2.42. The van der Waals surface area contributed by atoms with Gasteiger partial charge in [-0.25, -0.2) is 4.98 Å². The number of hydrogen-bond donors (Lipinski definition) is 0. The minimum absolute atomic E-state index is 0.00405. The molecule has 0 aliphatic heterocycles. The normalized spacial score (nSPS) is 10.7. The van der Waals surface area contributed by atoms with Crippen LogP contribution in [0.15, 0.2) is 40.3 Å². The molecule has 0 N–H and O–H groups in total. The lowest BCUT2D eigenvalue weighted by molar-refractivity contribution is -0.137. The van der Waals surface area contributed by atoms with Gasteiger partial charge < -0.3 is 18.9 Å². The van der Waals surface area contributed by atoms with Gasteiger partial charge in [-0.3, -0.25) is 14.2 Å². The number of methoxy groups -OCH3 is 4. The molecule has 0 spiro atoms. The summed E-state index contributed by atoms with van der Waals surface area (Å²) in [7, 11) is 5.73. The van der Waals surface area contributed by atoms with E-state index in [4.69, 9.17) is 18.9 Å². The highest BCUT2D eigenvalue weighted by molar-refractivity contribution is 7.99. The van der Waals surface area contributed by atoms with Crippen LogP contribution in [0.3, 0.4) is 0 Å². The molecule has 0 atom stereocenters. The van der Waals surface area contributed by atoms with E-state index >= 15 is 0 Å². The fraction of sp³-hybridized carbons (Fsp3) is 0.286. The molecule has 0 unspecified atom stereocenters. The Morgan fingerprint density at radius 2 is 1.70 bits per heavy atom. The van der Waals surface area contributed by atoms with Gasteiger partial charge >= 0.3 is 5.97 Å². The van der Waals surface area contributed by atoms with Gasteiger partial charge in [-0.05, 0) is 25.1 Å². The predicted molar refractivity (Wildman–Crippen MR) is 114 cm³/mol. The number of rotatable bonds is 7. The summed E-state index contributed by atoms with van der Waals surface area (Å²) in [5.74, 6) is 0.530. The molecule has 3 aromatic rings. The molecule has 30 heavy (non-hydrogen) atoms. The minimum Gasteiger partial charge on any atom is -0.493 e. The Morgan fingerprint density at radius 3 is 2.27 bits per heavy atom. The van der Waals surface area contributed by atoms with Gasteiger partial charge in [0.2, 0.25) is 5.75 Å². The SMILES string of the molecule is COC(=O)CSc1nc2c(OC)c(OC)c(OC)cc2c(=O)n1-c1ccc(C)cc1. The zero-order valence-corrected chi connectivity index (χ0v) is 18.2. The molecule has 1 heterocycles. The summed E-state index contributed by atoms with van der Waals surface area (Å²) in [5.41, 5.74) is 1.67. The molecule has 0 amide bonds. The maximum atomic E-state index is 13.5. The van der Waals surface area contributed by atoms with Crippen LogP contribution in [0.5, 0.6) is 17.2 Å². The second kappa shape index (κ2) is 9.08. The van der Waals surface area contributed by atoms with Crippen molar-refractivity contribution < 1.29 is 23.7 Å². The Morgan fingerprint density at radius 1 is 1.03 bits per heavy atom. The summed E-state index contributed by atoms with van der Waals surface area (Å²) in [5, 5.41) is 0.625. The summed E-state index contributed by atoms with van der Waals surface area (Å²) < 4.78 is 22.5. The van der Waals surface area contributed by atoms with E-state index in [0.29, 0.717) is 33.2 Å². The molecule has 1 aromatic heterocycles. The molecule has 158 valence electrons. The van der Waals surface area contributed by atoms with Crippen molar-refractivity contribution in [3.05, 3.63) is 46.2 Å². The highest BCUT2D eigenvalue weighted by atomic mass is 32.2. The average molecular weight is 430 g/mol. The van der Waals surface area contributed by atoms with Crippen LogP contribution in [-0.2, 0) is 9.53 Å². The van der Waals surface area contributed by atoms with Gasteiger partial charge in [0.25, 0.3) is 5.56 Å². The molecule has 2 aromatic carbocycles. The Labute approximate surface area is 177 Å². The Kier molecular flexibility index (Phi) is 6.51. The Bertz CT molecular complexity index is 1140. The molecule has 9 heteroatoms. The van der Waals surface area contributed by atoms with Crippen LogP contribution >= 0.6 is 11.8 Å². The summed E-state index contributed by atoms with van der Waals surface area (Å²) >= 11 is 1.10. The average Bonchev–Trinajstić information content (AvgIpc) is 2.77. The number of thioether (sulfide) groups is 1. The molecule has 0 aliphatic carbocycles. The number of benzene rings is 2. The van der Waals surface area contributed by atoms with Crippen molar-refractivity contribution >= 4 is 28.6 Å². The van der Waals surface area contributed by atoms with Crippen LogP contribution in [0, 0.1) is 6.92 Å². The van der Waals surface area contributed by atoms with E-state index in [1.54, 1.807) is 6.07 Å². The van der Waals surface area contributed by atoms with Crippen LogP contribution in [0.4, 0.5) is 0 Å². The number of nitrogens with zero attached hydrogens (tertiary/aromatic N) is 2. The maximum Gasteiger partial charge on any atom is 0.316 e. The van der Waals surface area contributed by atoms with E-state index in [2.05, 4.69) is 4.98 Å². The summed E-state index contributed by atoms with van der Waals surface area (Å²) in [6.07, 6.45) is 0. The van der Waals surface area contributed by atoms with E-state index in [0.717, 1.165) is 17.3 Å². The van der Waals surface area contributed by atoms with E-state index in [9.17, 15) is 9.59 Å². The quantitative estimate of drug-likeness (QED) is 0.321. The molecular weight excluding hydrogens is 408 g/mol. The van der Waals surface area contributed by atoms with Gasteiger partial charge in [0.15, 0.2) is 16.7 Å². The number of esters is 1. The van der Waals surface area contributed by atoms with Crippen molar-refractivity contribution in [1.82, 2.24) is 9.55 Å². The Hall–Kier alpha value is -3.20. The first-order valence-corrected chi connectivity index (χ1v) is 9.96. The van der Waals surface area contributed by atoms with Gasteiger partial charge in [-0.2, -0.15) is 0 Å². The number of carbonyl (C=O) groups is 1. The monoisotopic (exact) mass is 430 g/mol. The molecule has 0 fully saturated rings. The lowest BCUT2D eigenvalue weighted by atomic mass is 10.2. The standard InChI is InChI=1S/C21H22N2O6S/c1-12-6-8-13(9-7-12)23-20(25)14-10-15(26-2)18(28-4)19(29-5)17(14)22-21(23)30-11-16(24)27-3/h6-10H,11H2,1-5H3. The van der Waals surface area contributed by atoms with E-state index < -0.39 is 5.97 Å². The van der Waals surface area contributed by atoms with Crippen LogP contribution in [-0.4, -0.2) is 49.7 Å². The summed E-state index contributed by atoms with van der Waals surface area (Å²) in [4.78, 5) is 29.9. The summed E-state index contributed by atoms with van der Waals surface area (Å²) in [6.45, 7) is 1.96. The third kappa shape index (κ3) is 3.93. The third-order valence-corrected chi connectivity index (χ3v) is 5.39. The topological polar surface area (TPSA) is 88.9 Å². The molecule has 0 aliphatic rings. The van der Waals surface area contributed by atoms with Crippen LogP contribution in [0.25, 0.3) is 16.6 Å². The number of hydrogen-bond acceptors (Lipinski definition) is 8. The third-order valence-electron chi connectivity index (χ3n) is 4.48. The minimum atomic E-state index is -0.427. The predicted octanol–water partition coefficient (Wildman–Crippen LogP) is 2.99. The molecule has 0 saturated heterocycles. The van der Waals surface area contributed by atoms with Gasteiger partial charge in [0.1, 0.15) is 5.52 Å². The van der Waals surface area contributed by atoms with Crippen molar-refractivity contribution in [2.45, 2.75) is 12.1 Å². The smallest absolute Gasteiger partial charge is 0.316 e. The van der Waals surface area contributed by atoms with Crippen molar-refractivity contribution in [3.8, 4) is 22.9 Å². The summed E-state index contributed by atoms with van der Waals surface area (Å²) in [6, 6.07) is 9.02. The first-order valence-electron chi connectivity index (χ1n) is 8.97. The molecule has 0 saturated carbocycles. The lowest BCUT2D eigenvalue weighted by Gasteiger charge is -2.17. The van der Waals surface area contributed by atoms with E-state index in [1.165, 1.54) is 33.0 Å². The number of fused-ring (bicyclic) bond motifs is 1. The van der Waals surface area contributed by atoms with Crippen molar-refractivity contribution in [3.63, 3.8) is 0 Å². The zero-order chi connectivity index (χ0) is 21.8. The van der Waals surface area contributed by atoms with Crippen LogP contribution in [0.1, 0.15) is 5.56 Å². The molecule has 3 rings (SSSR count). The van der Waals surface area contributed by atoms with Crippen LogP contribution in [0.2, 0.25) is 0 Å². The number of ether oxygens (including phenoxy) is 4. The highest BCUT2D eigenvalue weighted by Gasteiger charge is 2.23. The molecule has 0 radical (unpaired) electrons. The first kappa shape index (κ1) is 21.5. The van der Waals surface area contributed by atoms with Crippen molar-refractivity contribution in [2.75, 3.05) is 34.2 Å². The van der Waals surface area contributed by atoms with Gasteiger partial charge in [0.05, 0.1) is 45.3 Å². The van der Waals surface area contributed by atoms with Crippen molar-refractivity contribution in [2.24, 2.45) is 0 Å². The lowest BCUT2D eigenvalue weighted by Crippen LogP contribution is -2.22. The molecule has 8 nitrogen and oxygen atoms in total. The van der Waals surface area contributed by atoms with Crippen LogP contribution < -0.4 is 19.8 Å². The first-order chi connectivity index (χ1) is 14.4. The van der Waals surface area contributed by atoms with Gasteiger partial charge in [0, 0.05) is 0 Å². The van der Waals surface area contributed by atoms with Gasteiger partial charge in [-0.15, -0.1) is 0 Å². The molecule has 0 bridgehead atoms. The second-order valence-electron chi connectivity index (χ2n) is 6.28. The number of aryl methyl sites for hydroxylation is 1. The van der Waals surface area contributed by atoms with Crippen molar-refractivity contribution in [1.29, 1.82) is 0 Å². The van der Waals surface area contributed by atoms with E-state index in [-0.39, 0.29) is 17.1 Å². The van der Waals surface area contributed by atoms with Gasteiger partial charge in [-0.1, -0.05) is 29.5 Å². The zero-order valence-electron chi connectivity index (χ0n) is 17.3. The fourth-order valence-corrected chi connectivity index (χ4v) is 3.81. The van der Waals surface area contributed by atoms with E-state index in [1.807, 2.05) is 31.2 Å². The molecular formula is C21H22N2O6S. The second-order valence-corrected chi connectivity index (χ2v) is 7.22. The fourth-order valence-electron chi connectivity index (χ4n) is 2.97. The number of carbonyl (C=O) groups excluding carboxylic acids is 1.